The molecule has 0 spiro atoms. The largest absolute Gasteiger partial charge is 0.410 e. The van der Waals surface area contributed by atoms with Crippen LogP contribution in [-0.2, 0) is 11.3 Å². The fourth-order valence-electron chi connectivity index (χ4n) is 2.85. The molecule has 0 bridgehead atoms. The highest BCUT2D eigenvalue weighted by molar-refractivity contribution is 7.99. The molecule has 0 unspecified atom stereocenters. The topological polar surface area (TPSA) is 89.9 Å². The Balaban J connectivity index is 1.32. The molecule has 0 saturated heterocycles. The van der Waals surface area contributed by atoms with E-state index in [1.807, 2.05) is 50.4 Å². The van der Waals surface area contributed by atoms with Crippen LogP contribution in [0.3, 0.4) is 0 Å². The van der Waals surface area contributed by atoms with Crippen molar-refractivity contribution >= 4 is 29.0 Å². The number of amides is 1. The van der Waals surface area contributed by atoms with Gasteiger partial charge in [-0.3, -0.25) is 4.79 Å². The lowest BCUT2D eigenvalue weighted by atomic mass is 10.3. The lowest BCUT2D eigenvalue weighted by Gasteiger charge is -2.15. The van der Waals surface area contributed by atoms with Gasteiger partial charge in [-0.15, -0.1) is 21.5 Å². The van der Waals surface area contributed by atoms with E-state index in [9.17, 15) is 4.79 Å². The molecule has 3 aromatic heterocycles. The second-order valence-corrected chi connectivity index (χ2v) is 8.82. The van der Waals surface area contributed by atoms with Gasteiger partial charge in [-0.05, 0) is 26.0 Å². The van der Waals surface area contributed by atoms with Gasteiger partial charge in [0.2, 0.25) is 5.91 Å². The van der Waals surface area contributed by atoms with Crippen LogP contribution >= 0.6 is 23.1 Å². The molecule has 10 heteroatoms. The molecule has 1 amide bonds. The first-order valence-electron chi connectivity index (χ1n) is 9.23. The second kappa shape index (κ2) is 8.80. The molecule has 8 nitrogen and oxygen atoms in total. The number of carbonyl (C=O) groups excluding carboxylic acids is 1. The van der Waals surface area contributed by atoms with Crippen molar-refractivity contribution in [1.82, 2.24) is 29.9 Å². The molecule has 4 rings (SSSR count). The molecule has 1 aromatic carbocycles. The second-order valence-electron chi connectivity index (χ2n) is 6.69. The molecule has 154 valence electrons. The van der Waals surface area contributed by atoms with Gasteiger partial charge in [0.15, 0.2) is 0 Å². The zero-order valence-electron chi connectivity index (χ0n) is 16.8. The summed E-state index contributed by atoms with van der Waals surface area (Å²) < 4.78 is 7.49. The molecular weight excluding hydrogens is 420 g/mol. The van der Waals surface area contributed by atoms with E-state index in [-0.39, 0.29) is 11.7 Å². The highest BCUT2D eigenvalue weighted by atomic mass is 32.2. The maximum absolute atomic E-state index is 12.5. The van der Waals surface area contributed by atoms with Gasteiger partial charge in [0.1, 0.15) is 4.88 Å². The minimum Gasteiger partial charge on any atom is -0.410 e. The number of benzene rings is 1. The van der Waals surface area contributed by atoms with Crippen LogP contribution in [0.2, 0.25) is 0 Å². The quantitative estimate of drug-likeness (QED) is 0.404. The molecular formula is C20H20N6O2S2. The van der Waals surface area contributed by atoms with Gasteiger partial charge in [0, 0.05) is 25.4 Å². The minimum absolute atomic E-state index is 0.0305. The molecule has 3 heterocycles. The van der Waals surface area contributed by atoms with E-state index < -0.39 is 0 Å². The molecule has 0 radical (unpaired) electrons. The molecule has 4 aromatic rings. The Kier molecular flexibility index (Phi) is 5.96. The summed E-state index contributed by atoms with van der Waals surface area (Å²) >= 11 is 2.74. The average molecular weight is 441 g/mol. The summed E-state index contributed by atoms with van der Waals surface area (Å²) in [6, 6.07) is 9.85. The summed E-state index contributed by atoms with van der Waals surface area (Å²) in [6.45, 7) is 4.32. The predicted octanol–water partition coefficient (Wildman–Crippen LogP) is 3.75. The molecule has 0 aliphatic heterocycles. The van der Waals surface area contributed by atoms with Gasteiger partial charge in [0.05, 0.1) is 28.3 Å². The van der Waals surface area contributed by atoms with Crippen LogP contribution < -0.4 is 0 Å². The van der Waals surface area contributed by atoms with Crippen molar-refractivity contribution in [2.75, 3.05) is 12.8 Å². The zero-order valence-corrected chi connectivity index (χ0v) is 18.4. The lowest BCUT2D eigenvalue weighted by Crippen LogP contribution is -2.27. The van der Waals surface area contributed by atoms with Crippen molar-refractivity contribution < 1.29 is 9.21 Å². The smallest absolute Gasteiger partial charge is 0.277 e. The fourth-order valence-corrected chi connectivity index (χ4v) is 4.39. The van der Waals surface area contributed by atoms with Gasteiger partial charge in [-0.2, -0.15) is 5.10 Å². The van der Waals surface area contributed by atoms with Gasteiger partial charge in [-0.25, -0.2) is 9.67 Å². The van der Waals surface area contributed by atoms with Crippen LogP contribution in [0.1, 0.15) is 16.3 Å². The van der Waals surface area contributed by atoms with E-state index in [1.165, 1.54) is 23.1 Å². The Labute approximate surface area is 182 Å². The summed E-state index contributed by atoms with van der Waals surface area (Å²) in [4.78, 5) is 19.4. The van der Waals surface area contributed by atoms with Gasteiger partial charge in [-0.1, -0.05) is 30.0 Å². The van der Waals surface area contributed by atoms with Crippen molar-refractivity contribution in [2.45, 2.75) is 25.6 Å². The maximum Gasteiger partial charge on any atom is 0.277 e. The molecule has 0 N–H and O–H groups in total. The van der Waals surface area contributed by atoms with Crippen molar-refractivity contribution in [1.29, 1.82) is 0 Å². The maximum atomic E-state index is 12.5. The Morgan fingerprint density at radius 2 is 2.03 bits per heavy atom. The van der Waals surface area contributed by atoms with Crippen molar-refractivity contribution in [3.05, 3.63) is 59.0 Å². The first-order chi connectivity index (χ1) is 14.5. The monoisotopic (exact) mass is 440 g/mol. The fraction of sp³-hybridized carbons (Fsp3) is 0.250. The Morgan fingerprint density at radius 1 is 1.23 bits per heavy atom. The highest BCUT2D eigenvalue weighted by Crippen LogP contribution is 2.30. The van der Waals surface area contributed by atoms with Gasteiger partial charge >= 0.3 is 0 Å². The van der Waals surface area contributed by atoms with E-state index in [2.05, 4.69) is 20.3 Å². The number of para-hydroxylation sites is 1. The SMILES string of the molecule is Cc1nc(C)c(-c2nnc(SCC(=O)N(C)Cc3cnn(-c4ccccc4)c3)o2)s1. The number of hydrogen-bond donors (Lipinski definition) is 0. The predicted molar refractivity (Wildman–Crippen MR) is 116 cm³/mol. The Hall–Kier alpha value is -2.98. The Morgan fingerprint density at radius 3 is 2.77 bits per heavy atom. The zero-order chi connectivity index (χ0) is 21.1. The van der Waals surface area contributed by atoms with Crippen LogP contribution in [0.25, 0.3) is 16.5 Å². The number of carbonyl (C=O) groups is 1. The number of aromatic nitrogens is 5. The average Bonchev–Trinajstić information content (AvgIpc) is 3.47. The molecule has 0 aliphatic carbocycles. The highest BCUT2D eigenvalue weighted by Gasteiger charge is 2.17. The lowest BCUT2D eigenvalue weighted by molar-refractivity contribution is -0.127. The number of hydrogen-bond acceptors (Lipinski definition) is 8. The third-order valence-electron chi connectivity index (χ3n) is 4.33. The summed E-state index contributed by atoms with van der Waals surface area (Å²) in [5, 5.41) is 13.8. The standard InChI is InChI=1S/C20H20N6O2S2/c1-13-18(30-14(2)22-13)19-23-24-20(28-19)29-12-17(27)25(3)10-15-9-21-26(11-15)16-7-5-4-6-8-16/h4-9,11H,10,12H2,1-3H3. The number of thiazole rings is 1. The summed E-state index contributed by atoms with van der Waals surface area (Å²) in [5.74, 6) is 0.623. The molecule has 0 atom stereocenters. The number of aryl methyl sites for hydroxylation is 2. The normalized spacial score (nSPS) is 11.0. The molecule has 0 aliphatic rings. The number of nitrogens with zero attached hydrogens (tertiary/aromatic N) is 6. The van der Waals surface area contributed by atoms with E-state index in [4.69, 9.17) is 4.42 Å². The number of thioether (sulfide) groups is 1. The van der Waals surface area contributed by atoms with Crippen LogP contribution in [0.15, 0.2) is 52.4 Å². The summed E-state index contributed by atoms with van der Waals surface area (Å²) in [6.07, 6.45) is 3.70. The molecule has 30 heavy (non-hydrogen) atoms. The first-order valence-corrected chi connectivity index (χ1v) is 11.0. The first kappa shape index (κ1) is 20.3. The summed E-state index contributed by atoms with van der Waals surface area (Å²) in [5.41, 5.74) is 2.80. The van der Waals surface area contributed by atoms with E-state index >= 15 is 0 Å². The Bertz CT molecular complexity index is 1150. The minimum atomic E-state index is -0.0305. The van der Waals surface area contributed by atoms with E-state index in [0.717, 1.165) is 26.8 Å². The van der Waals surface area contributed by atoms with Crippen LogP contribution in [0.5, 0.6) is 0 Å². The third-order valence-corrected chi connectivity index (χ3v) is 6.19. The molecule has 0 saturated carbocycles. The van der Waals surface area contributed by atoms with Crippen molar-refractivity contribution in [2.24, 2.45) is 0 Å². The van der Waals surface area contributed by atoms with Crippen LogP contribution in [0, 0.1) is 13.8 Å². The van der Waals surface area contributed by atoms with Crippen molar-refractivity contribution in [3.8, 4) is 16.5 Å². The van der Waals surface area contributed by atoms with Gasteiger partial charge < -0.3 is 9.32 Å². The molecule has 0 fully saturated rings. The third kappa shape index (κ3) is 4.60. The van der Waals surface area contributed by atoms with E-state index in [1.54, 1.807) is 22.8 Å². The van der Waals surface area contributed by atoms with Crippen LogP contribution in [0.4, 0.5) is 0 Å². The summed E-state index contributed by atoms with van der Waals surface area (Å²) in [7, 11) is 1.77. The van der Waals surface area contributed by atoms with Crippen LogP contribution in [-0.4, -0.2) is 48.6 Å². The number of rotatable bonds is 7. The van der Waals surface area contributed by atoms with E-state index in [0.29, 0.717) is 17.7 Å². The van der Waals surface area contributed by atoms with Crippen molar-refractivity contribution in [3.63, 3.8) is 0 Å². The van der Waals surface area contributed by atoms with Gasteiger partial charge in [0.25, 0.3) is 11.1 Å².